The first-order valence-electron chi connectivity index (χ1n) is 3.92. The predicted molar refractivity (Wildman–Crippen MR) is 46.9 cm³/mol. The van der Waals surface area contributed by atoms with Gasteiger partial charge in [0.1, 0.15) is 17.8 Å². The van der Waals surface area contributed by atoms with Crippen LogP contribution < -0.4 is 0 Å². The second-order valence-corrected chi connectivity index (χ2v) is 2.59. The highest BCUT2D eigenvalue weighted by atomic mass is 19.1. The monoisotopic (exact) mass is 205 g/mol. The van der Waals surface area contributed by atoms with E-state index in [2.05, 4.69) is 20.5 Å². The van der Waals surface area contributed by atoms with E-state index < -0.39 is 5.82 Å². The van der Waals surface area contributed by atoms with E-state index >= 15 is 0 Å². The molecule has 0 unspecified atom stereocenters. The molecule has 0 atom stereocenters. The first kappa shape index (κ1) is 9.17. The Kier molecular flexibility index (Phi) is 2.30. The molecule has 1 aromatic heterocycles. The molecular weight excluding hydrogens is 201 g/mol. The fourth-order valence-electron chi connectivity index (χ4n) is 1.06. The number of hydrogen-bond donors (Lipinski definition) is 0. The van der Waals surface area contributed by atoms with Crippen molar-refractivity contribution in [3.8, 4) is 5.69 Å². The largest absolute Gasteiger partial charge is 0.240 e. The number of benzene rings is 1. The van der Waals surface area contributed by atoms with E-state index in [-0.39, 0.29) is 5.69 Å². The van der Waals surface area contributed by atoms with Crippen molar-refractivity contribution in [2.24, 2.45) is 4.99 Å². The highest BCUT2D eigenvalue weighted by molar-refractivity contribution is 5.53. The summed E-state index contributed by atoms with van der Waals surface area (Å²) >= 11 is 0. The van der Waals surface area contributed by atoms with Crippen LogP contribution in [0.15, 0.2) is 29.5 Å². The zero-order chi connectivity index (χ0) is 10.7. The summed E-state index contributed by atoms with van der Waals surface area (Å²) in [6.07, 6.45) is 2.62. The molecule has 0 amide bonds. The number of halogens is 1. The van der Waals surface area contributed by atoms with Crippen molar-refractivity contribution in [2.75, 3.05) is 0 Å². The Hall–Kier alpha value is -2.40. The third-order valence-electron chi connectivity index (χ3n) is 1.71. The van der Waals surface area contributed by atoms with Gasteiger partial charge in [0.2, 0.25) is 6.08 Å². The molecule has 0 aliphatic heterocycles. The normalized spacial score (nSPS) is 9.67. The van der Waals surface area contributed by atoms with Crippen LogP contribution in [0.25, 0.3) is 5.69 Å². The Morgan fingerprint density at radius 3 is 3.00 bits per heavy atom. The lowest BCUT2D eigenvalue weighted by atomic mass is 10.2. The molecule has 2 aromatic rings. The van der Waals surface area contributed by atoms with Crippen LogP contribution in [0.2, 0.25) is 0 Å². The predicted octanol–water partition coefficient (Wildman–Crippen LogP) is 0.769. The minimum atomic E-state index is -0.602. The molecule has 74 valence electrons. The summed E-state index contributed by atoms with van der Waals surface area (Å²) in [5.41, 5.74) is 0.411. The Bertz CT molecular complexity index is 518. The van der Waals surface area contributed by atoms with Gasteiger partial charge in [-0.05, 0) is 28.6 Å². The van der Waals surface area contributed by atoms with Gasteiger partial charge in [-0.25, -0.2) is 13.9 Å². The smallest absolute Gasteiger partial charge is 0.211 e. The molecule has 1 heterocycles. The van der Waals surface area contributed by atoms with Gasteiger partial charge < -0.3 is 0 Å². The summed E-state index contributed by atoms with van der Waals surface area (Å²) in [4.78, 5) is 13.2. The first-order valence-corrected chi connectivity index (χ1v) is 3.92. The van der Waals surface area contributed by atoms with Crippen molar-refractivity contribution < 1.29 is 9.18 Å². The van der Waals surface area contributed by atoms with E-state index in [9.17, 15) is 9.18 Å². The zero-order valence-electron chi connectivity index (χ0n) is 7.33. The standard InChI is InChI=1S/C8H4FN5O/c9-7-2-1-6(3-8(7)10-5-15)14-4-11-12-13-14/h1-4H. The van der Waals surface area contributed by atoms with Gasteiger partial charge in [-0.2, -0.15) is 4.99 Å². The average Bonchev–Trinajstić information content (AvgIpc) is 2.75. The maximum absolute atomic E-state index is 13.1. The molecule has 0 aliphatic rings. The summed E-state index contributed by atoms with van der Waals surface area (Å²) in [5, 5.41) is 10.5. The molecule has 0 saturated carbocycles. The lowest BCUT2D eigenvalue weighted by Gasteiger charge is -2.00. The molecule has 0 N–H and O–H groups in total. The lowest BCUT2D eigenvalue weighted by molar-refractivity contribution is 0.564. The second-order valence-electron chi connectivity index (χ2n) is 2.59. The van der Waals surface area contributed by atoms with Crippen LogP contribution in [0.1, 0.15) is 0 Å². The Morgan fingerprint density at radius 2 is 2.33 bits per heavy atom. The Morgan fingerprint density at radius 1 is 1.47 bits per heavy atom. The van der Waals surface area contributed by atoms with Crippen molar-refractivity contribution in [3.63, 3.8) is 0 Å². The Balaban J connectivity index is 2.52. The summed E-state index contributed by atoms with van der Waals surface area (Å²) in [6.45, 7) is 0. The number of aliphatic imine (C=N–C) groups is 1. The van der Waals surface area contributed by atoms with E-state index in [4.69, 9.17) is 0 Å². The molecule has 0 aliphatic carbocycles. The van der Waals surface area contributed by atoms with Crippen LogP contribution >= 0.6 is 0 Å². The summed E-state index contributed by atoms with van der Waals surface area (Å²) in [7, 11) is 0. The van der Waals surface area contributed by atoms with Crippen LogP contribution in [0, 0.1) is 5.82 Å². The van der Waals surface area contributed by atoms with Gasteiger partial charge >= 0.3 is 0 Å². The van der Waals surface area contributed by atoms with Gasteiger partial charge in [-0.15, -0.1) is 5.10 Å². The summed E-state index contributed by atoms with van der Waals surface area (Å²) < 4.78 is 14.4. The van der Waals surface area contributed by atoms with Crippen LogP contribution in [0.5, 0.6) is 0 Å². The molecule has 6 nitrogen and oxygen atoms in total. The third-order valence-corrected chi connectivity index (χ3v) is 1.71. The molecule has 0 fully saturated rings. The molecule has 7 heteroatoms. The van der Waals surface area contributed by atoms with Crippen molar-refractivity contribution in [3.05, 3.63) is 30.3 Å². The highest BCUT2D eigenvalue weighted by Crippen LogP contribution is 2.20. The molecule has 15 heavy (non-hydrogen) atoms. The SMILES string of the molecule is O=C=Nc1cc(-n2cnnn2)ccc1F. The molecule has 0 radical (unpaired) electrons. The molecule has 0 spiro atoms. The van der Waals surface area contributed by atoms with Gasteiger partial charge in [-0.3, -0.25) is 0 Å². The van der Waals surface area contributed by atoms with Crippen molar-refractivity contribution in [2.45, 2.75) is 0 Å². The van der Waals surface area contributed by atoms with Gasteiger partial charge in [-0.1, -0.05) is 0 Å². The van der Waals surface area contributed by atoms with Crippen LogP contribution in [-0.4, -0.2) is 26.3 Å². The molecule has 0 bridgehead atoms. The van der Waals surface area contributed by atoms with Crippen molar-refractivity contribution in [1.29, 1.82) is 0 Å². The minimum Gasteiger partial charge on any atom is -0.211 e. The van der Waals surface area contributed by atoms with Gasteiger partial charge in [0.05, 0.1) is 5.69 Å². The number of nitrogens with zero attached hydrogens (tertiary/aromatic N) is 5. The summed E-state index contributed by atoms with van der Waals surface area (Å²) in [6, 6.07) is 3.99. The van der Waals surface area contributed by atoms with Crippen molar-refractivity contribution >= 4 is 11.8 Å². The first-order chi connectivity index (χ1) is 7.31. The molecule has 0 saturated heterocycles. The van der Waals surface area contributed by atoms with E-state index in [1.165, 1.54) is 35.3 Å². The number of aromatic nitrogens is 4. The maximum atomic E-state index is 13.1. The van der Waals surface area contributed by atoms with Crippen LogP contribution in [0.4, 0.5) is 10.1 Å². The van der Waals surface area contributed by atoms with E-state index in [0.29, 0.717) is 5.69 Å². The van der Waals surface area contributed by atoms with E-state index in [1.54, 1.807) is 0 Å². The van der Waals surface area contributed by atoms with E-state index in [0.717, 1.165) is 0 Å². The van der Waals surface area contributed by atoms with Crippen LogP contribution in [0.3, 0.4) is 0 Å². The fraction of sp³-hybridized carbons (Fsp3) is 0. The summed E-state index contributed by atoms with van der Waals surface area (Å²) in [5.74, 6) is -0.602. The van der Waals surface area contributed by atoms with Gasteiger partial charge in [0.25, 0.3) is 0 Å². The third kappa shape index (κ3) is 1.77. The number of tetrazole rings is 1. The highest BCUT2D eigenvalue weighted by Gasteiger charge is 2.04. The molecular formula is C8H4FN5O. The zero-order valence-corrected chi connectivity index (χ0v) is 7.33. The fourth-order valence-corrected chi connectivity index (χ4v) is 1.06. The minimum absolute atomic E-state index is 0.0991. The van der Waals surface area contributed by atoms with Crippen LogP contribution in [-0.2, 0) is 4.79 Å². The number of hydrogen-bond acceptors (Lipinski definition) is 5. The quantitative estimate of drug-likeness (QED) is 0.536. The molecule has 1 aromatic carbocycles. The van der Waals surface area contributed by atoms with E-state index in [1.807, 2.05) is 0 Å². The van der Waals surface area contributed by atoms with Gasteiger partial charge in [0, 0.05) is 0 Å². The molecule has 2 rings (SSSR count). The van der Waals surface area contributed by atoms with Gasteiger partial charge in [0.15, 0.2) is 0 Å². The lowest BCUT2D eigenvalue weighted by Crippen LogP contribution is -1.95. The number of rotatable bonds is 2. The maximum Gasteiger partial charge on any atom is 0.240 e. The second kappa shape index (κ2) is 3.77. The topological polar surface area (TPSA) is 73.0 Å². The Labute approximate surface area is 83.1 Å². The van der Waals surface area contributed by atoms with Crippen molar-refractivity contribution in [1.82, 2.24) is 20.2 Å². The number of isocyanates is 1. The number of carbonyl (C=O) groups excluding carboxylic acids is 1. The average molecular weight is 205 g/mol.